The summed E-state index contributed by atoms with van der Waals surface area (Å²) < 4.78 is 5.75. The maximum Gasteiger partial charge on any atom is 0.149 e. The fourth-order valence-corrected chi connectivity index (χ4v) is 9.43. The van der Waals surface area contributed by atoms with Crippen LogP contribution in [0.15, 0.2) is 0 Å². The van der Waals surface area contributed by atoms with Crippen molar-refractivity contribution >= 4 is 24.2 Å². The second-order valence-electron chi connectivity index (χ2n) is 19.9. The second kappa shape index (κ2) is 60.7. The first-order valence-electron chi connectivity index (χ1n) is 29.9. The van der Waals surface area contributed by atoms with Gasteiger partial charge in [-0.15, -0.1) is 0 Å². The average Bonchev–Trinajstić information content (AvgIpc) is 3.32. The Morgan fingerprint density at radius 3 is 0.773 bits per heavy atom. The number of unbranched alkanes of at least 4 members (excludes halogenated alkanes) is 36. The molecule has 0 amide bonds. The number of Topliss-reactive ketones (excluding diaryl/α,β-unsaturated/α-hetero) is 2. The van der Waals surface area contributed by atoms with E-state index in [-0.39, 0.29) is 30.3 Å². The van der Waals surface area contributed by atoms with Crippen LogP contribution in [0.2, 0.25) is 0 Å². The third kappa shape index (κ3) is 51.4. The highest BCUT2D eigenvalue weighted by Crippen LogP contribution is 2.17. The van der Waals surface area contributed by atoms with E-state index in [0.29, 0.717) is 0 Å². The summed E-state index contributed by atoms with van der Waals surface area (Å²) in [5.74, 6) is 0.223. The molecular formula is C59H124N2O4S. The van der Waals surface area contributed by atoms with Crippen LogP contribution in [0.4, 0.5) is 0 Å². The number of hydrogen-bond donors (Lipinski definition) is 3. The molecule has 7 heteroatoms. The Morgan fingerprint density at radius 2 is 0.606 bits per heavy atom. The smallest absolute Gasteiger partial charge is 0.149 e. The lowest BCUT2D eigenvalue weighted by atomic mass is 10.0. The Balaban J connectivity index is -0.000000551. The van der Waals surface area contributed by atoms with Gasteiger partial charge < -0.3 is 10.2 Å². The molecule has 0 aliphatic carbocycles. The van der Waals surface area contributed by atoms with Crippen molar-refractivity contribution in [1.82, 2.24) is 9.80 Å². The minimum atomic E-state index is -0.584. The molecule has 3 unspecified atom stereocenters. The number of thiol groups is 1. The third-order valence-electron chi connectivity index (χ3n) is 13.5. The number of aliphatic hydroxyl groups is 2. The van der Waals surface area contributed by atoms with E-state index in [1.54, 1.807) is 27.0 Å². The van der Waals surface area contributed by atoms with Crippen LogP contribution < -0.4 is 0 Å². The highest BCUT2D eigenvalue weighted by Gasteiger charge is 2.27. The van der Waals surface area contributed by atoms with Crippen molar-refractivity contribution in [2.45, 2.75) is 331 Å². The summed E-state index contributed by atoms with van der Waals surface area (Å²) in [6.07, 6.45) is 54.4. The molecule has 2 N–H and O–H groups in total. The van der Waals surface area contributed by atoms with Gasteiger partial charge in [-0.05, 0) is 78.9 Å². The lowest BCUT2D eigenvalue weighted by Gasteiger charge is -2.32. The molecule has 0 saturated carbocycles. The van der Waals surface area contributed by atoms with Crippen molar-refractivity contribution in [2.24, 2.45) is 0 Å². The maximum absolute atomic E-state index is 12.2. The Kier molecular flexibility index (Phi) is 64.1. The molecule has 0 fully saturated rings. The Hall–Kier alpha value is -0.470. The predicted molar refractivity (Wildman–Crippen MR) is 300 cm³/mol. The monoisotopic (exact) mass is 959 g/mol. The minimum Gasteiger partial charge on any atom is -0.394 e. The molecule has 400 valence electrons. The number of carbonyl (C=O) groups excluding carboxylic acids is 2. The first-order valence-corrected chi connectivity index (χ1v) is 29.8. The summed E-state index contributed by atoms with van der Waals surface area (Å²) in [5.41, 5.74) is 0. The minimum absolute atomic E-state index is 0.0369. The zero-order valence-electron chi connectivity index (χ0n) is 47.6. The van der Waals surface area contributed by atoms with Crippen LogP contribution in [-0.4, -0.2) is 88.8 Å². The topological polar surface area (TPSA) is 81.1 Å². The normalized spacial score (nSPS) is 12.7. The van der Waals surface area contributed by atoms with Gasteiger partial charge in [-0.1, -0.05) is 266 Å². The molecule has 0 spiro atoms. The van der Waals surface area contributed by atoms with Gasteiger partial charge in [-0.2, -0.15) is 12.6 Å². The van der Waals surface area contributed by atoms with Crippen LogP contribution in [0.3, 0.4) is 0 Å². The van der Waals surface area contributed by atoms with E-state index in [0.717, 1.165) is 51.9 Å². The van der Waals surface area contributed by atoms with Crippen LogP contribution in [0.25, 0.3) is 0 Å². The van der Waals surface area contributed by atoms with Gasteiger partial charge in [-0.3, -0.25) is 19.4 Å². The van der Waals surface area contributed by atoms with E-state index in [1.807, 2.05) is 0 Å². The Bertz CT molecular complexity index is 880. The van der Waals surface area contributed by atoms with E-state index >= 15 is 0 Å². The molecule has 0 heterocycles. The first kappa shape index (κ1) is 69.8. The van der Waals surface area contributed by atoms with Crippen molar-refractivity contribution < 1.29 is 21.2 Å². The van der Waals surface area contributed by atoms with Gasteiger partial charge in [0.15, 0.2) is 0 Å². The zero-order valence-corrected chi connectivity index (χ0v) is 47.5. The number of nitrogens with zero attached hydrogens (tertiary/aromatic N) is 2. The van der Waals surface area contributed by atoms with Gasteiger partial charge in [0.1, 0.15) is 11.6 Å². The summed E-state index contributed by atoms with van der Waals surface area (Å²) in [6, 6.07) is -0.621. The summed E-state index contributed by atoms with van der Waals surface area (Å²) in [5, 5.41) is 19.9. The summed E-state index contributed by atoms with van der Waals surface area (Å²) in [6.45, 7) is 17.9. The molecule has 0 rings (SSSR count). The van der Waals surface area contributed by atoms with Crippen LogP contribution in [0.5, 0.6) is 0 Å². The van der Waals surface area contributed by atoms with Crippen LogP contribution in [0, 0.1) is 0 Å². The molecule has 0 radical (unpaired) electrons. The SMILES string of the molecule is CCCCCCCCCCCCN(CCCCCCCCCCCC)C(C(C)=O)C(C)O.CCCCCCCCCCCCN(CCCCCCCCCCCC)C(CO)C(C)=O.CS.[3H]C. The van der Waals surface area contributed by atoms with Gasteiger partial charge in [0, 0.05) is 1.37 Å². The lowest BCUT2D eigenvalue weighted by molar-refractivity contribution is -0.126. The fraction of sp³-hybridized carbons (Fsp3) is 0.966. The largest absolute Gasteiger partial charge is 0.394 e. The number of carbonyl (C=O) groups is 2. The highest BCUT2D eigenvalue weighted by atomic mass is 32.1. The van der Waals surface area contributed by atoms with E-state index in [2.05, 4.69) is 50.1 Å². The van der Waals surface area contributed by atoms with Crippen molar-refractivity contribution in [3.8, 4) is 0 Å². The van der Waals surface area contributed by atoms with E-state index < -0.39 is 6.10 Å². The summed E-state index contributed by atoms with van der Waals surface area (Å²) >= 11 is 3.53. The predicted octanol–water partition coefficient (Wildman–Crippen LogP) is 17.7. The molecule has 3 atom stereocenters. The molecule has 0 aromatic rings. The van der Waals surface area contributed by atoms with E-state index in [9.17, 15) is 19.8 Å². The maximum atomic E-state index is 12.2. The van der Waals surface area contributed by atoms with Crippen LogP contribution >= 0.6 is 12.6 Å². The molecule has 0 bridgehead atoms. The van der Waals surface area contributed by atoms with Gasteiger partial charge in [0.05, 0.1) is 24.8 Å². The Morgan fingerprint density at radius 1 is 0.409 bits per heavy atom. The summed E-state index contributed by atoms with van der Waals surface area (Å²) in [7, 11) is 1.25. The van der Waals surface area contributed by atoms with Crippen molar-refractivity contribution in [1.29, 1.82) is 0 Å². The third-order valence-corrected chi connectivity index (χ3v) is 13.5. The fourth-order valence-electron chi connectivity index (χ4n) is 9.43. The number of rotatable bonds is 50. The number of hydrogen-bond acceptors (Lipinski definition) is 7. The second-order valence-corrected chi connectivity index (χ2v) is 19.9. The molecule has 0 saturated heterocycles. The molecule has 0 aliphatic rings. The van der Waals surface area contributed by atoms with E-state index in [1.165, 1.54) is 239 Å². The van der Waals surface area contributed by atoms with Crippen LogP contribution in [0.1, 0.15) is 314 Å². The molecular weight excluding hydrogens is 833 g/mol. The highest BCUT2D eigenvalue weighted by molar-refractivity contribution is 7.79. The van der Waals surface area contributed by atoms with Gasteiger partial charge in [-0.25, -0.2) is 0 Å². The molecule has 66 heavy (non-hydrogen) atoms. The molecule has 6 nitrogen and oxygen atoms in total. The summed E-state index contributed by atoms with van der Waals surface area (Å²) in [4.78, 5) is 28.7. The molecule has 0 aromatic carbocycles. The zero-order chi connectivity index (χ0) is 50.9. The van der Waals surface area contributed by atoms with Crippen LogP contribution in [-0.2, 0) is 9.59 Å². The van der Waals surface area contributed by atoms with Crippen molar-refractivity contribution in [2.75, 3.05) is 39.0 Å². The van der Waals surface area contributed by atoms with E-state index in [4.69, 9.17) is 1.37 Å². The van der Waals surface area contributed by atoms with Crippen molar-refractivity contribution in [3.63, 3.8) is 0 Å². The standard InChI is InChI=1S/C29H59NO2.C28H57NO2.CH4S.CH4/c1-5-7-9-11-13-15-17-19-21-23-25-30(29(27(3)31)28(4)32)26-24-22-20-18-16-14-12-10-8-6-2;1-4-6-8-10-12-14-16-18-20-22-24-29(28(26-30)27(3)31)25-23-21-19-17-15-13-11-9-7-5-2;1-2;/h27,29,31H,5-26H2,1-4H3;28,30H,4-26H2,1-3H3;2H,1H3;1H4/i;;;1T. The number of aliphatic hydroxyl groups excluding tert-OH is 2. The quantitative estimate of drug-likeness (QED) is 0.0416. The molecule has 0 aromatic heterocycles. The Labute approximate surface area is 423 Å². The first-order chi connectivity index (χ1) is 32.7. The van der Waals surface area contributed by atoms with Crippen molar-refractivity contribution in [3.05, 3.63) is 0 Å². The number of ketones is 2. The van der Waals surface area contributed by atoms with Gasteiger partial charge in [0.25, 0.3) is 0 Å². The molecule has 0 aliphatic heterocycles. The van der Waals surface area contributed by atoms with Gasteiger partial charge >= 0.3 is 0 Å². The lowest BCUT2D eigenvalue weighted by Crippen LogP contribution is -2.48. The van der Waals surface area contributed by atoms with Gasteiger partial charge in [0.2, 0.25) is 0 Å². The average molecular weight is 960 g/mol.